The van der Waals surface area contributed by atoms with Crippen molar-refractivity contribution in [2.45, 2.75) is 39.0 Å². The van der Waals surface area contributed by atoms with Gasteiger partial charge in [0, 0.05) is 32.4 Å². The number of nitrogens with zero attached hydrogens (tertiary/aromatic N) is 2. The molecule has 100 valence electrons. The van der Waals surface area contributed by atoms with Crippen LogP contribution in [0.1, 0.15) is 25.1 Å². The van der Waals surface area contributed by atoms with Crippen LogP contribution in [0.3, 0.4) is 0 Å². The minimum atomic E-state index is -0.134. The Hall–Kier alpha value is -0.970. The number of aromatic nitrogens is 1. The Kier molecular flexibility index (Phi) is 4.00. The maximum Gasteiger partial charge on any atom is 0.0831 e. The van der Waals surface area contributed by atoms with E-state index in [-0.39, 0.29) is 11.7 Å². The van der Waals surface area contributed by atoms with Gasteiger partial charge in [-0.1, -0.05) is 6.07 Å². The number of nitrogens with two attached hydrogens (primary N) is 1. The van der Waals surface area contributed by atoms with Crippen molar-refractivity contribution in [2.75, 3.05) is 19.6 Å². The zero-order valence-electron chi connectivity index (χ0n) is 11.5. The lowest BCUT2D eigenvalue weighted by molar-refractivity contribution is -0.134. The van der Waals surface area contributed by atoms with E-state index in [9.17, 15) is 0 Å². The van der Waals surface area contributed by atoms with Crippen LogP contribution in [-0.2, 0) is 11.3 Å². The smallest absolute Gasteiger partial charge is 0.0831 e. The van der Waals surface area contributed by atoms with Crippen molar-refractivity contribution < 1.29 is 4.74 Å². The molecular formula is C14H23N3O. The first-order valence-corrected chi connectivity index (χ1v) is 6.51. The predicted octanol–water partition coefficient (Wildman–Crippen LogP) is 1.33. The summed E-state index contributed by atoms with van der Waals surface area (Å²) < 4.78 is 5.93. The molecular weight excluding hydrogens is 226 g/mol. The van der Waals surface area contributed by atoms with Gasteiger partial charge in [-0.2, -0.15) is 0 Å². The second-order valence-corrected chi connectivity index (χ2v) is 5.67. The maximum absolute atomic E-state index is 5.93. The van der Waals surface area contributed by atoms with E-state index in [1.165, 1.54) is 5.56 Å². The second kappa shape index (κ2) is 5.34. The summed E-state index contributed by atoms with van der Waals surface area (Å²) in [6.45, 7) is 9.58. The molecule has 1 saturated heterocycles. The van der Waals surface area contributed by atoms with E-state index in [0.29, 0.717) is 6.54 Å². The van der Waals surface area contributed by atoms with E-state index in [2.05, 4.69) is 36.7 Å². The summed E-state index contributed by atoms with van der Waals surface area (Å²) in [6.07, 6.45) is 1.98. The molecule has 0 aliphatic carbocycles. The van der Waals surface area contributed by atoms with Crippen LogP contribution in [0.25, 0.3) is 0 Å². The number of morpholine rings is 1. The average molecular weight is 249 g/mol. The predicted molar refractivity (Wildman–Crippen MR) is 72.3 cm³/mol. The van der Waals surface area contributed by atoms with Crippen molar-refractivity contribution in [3.05, 3.63) is 29.6 Å². The number of pyridine rings is 1. The highest BCUT2D eigenvalue weighted by molar-refractivity contribution is 5.17. The zero-order valence-corrected chi connectivity index (χ0v) is 11.5. The van der Waals surface area contributed by atoms with Gasteiger partial charge in [-0.25, -0.2) is 0 Å². The number of hydrogen-bond donors (Lipinski definition) is 1. The standard InChI is InChI=1S/C14H23N3O/c1-11-5-4-6-16-13(11)9-17-8-12(7-15)18-14(2,3)10-17/h4-6,12H,7-10,15H2,1-3H3. The van der Waals surface area contributed by atoms with Gasteiger partial charge < -0.3 is 10.5 Å². The fraction of sp³-hybridized carbons (Fsp3) is 0.643. The van der Waals surface area contributed by atoms with Crippen LogP contribution in [0.15, 0.2) is 18.3 Å². The van der Waals surface area contributed by atoms with Crippen molar-refractivity contribution in [1.82, 2.24) is 9.88 Å². The van der Waals surface area contributed by atoms with E-state index >= 15 is 0 Å². The first-order chi connectivity index (χ1) is 8.50. The molecule has 0 saturated carbocycles. The Morgan fingerprint density at radius 3 is 3.00 bits per heavy atom. The molecule has 2 N–H and O–H groups in total. The van der Waals surface area contributed by atoms with E-state index in [1.54, 1.807) is 0 Å². The lowest BCUT2D eigenvalue weighted by atomic mass is 10.0. The van der Waals surface area contributed by atoms with Crippen molar-refractivity contribution >= 4 is 0 Å². The van der Waals surface area contributed by atoms with E-state index in [1.807, 2.05) is 12.3 Å². The van der Waals surface area contributed by atoms with Gasteiger partial charge in [0.2, 0.25) is 0 Å². The molecule has 1 aliphatic heterocycles. The van der Waals surface area contributed by atoms with Gasteiger partial charge in [-0.05, 0) is 32.4 Å². The van der Waals surface area contributed by atoms with Crippen LogP contribution in [0.2, 0.25) is 0 Å². The number of aryl methyl sites for hydroxylation is 1. The average Bonchev–Trinajstić information content (AvgIpc) is 2.30. The van der Waals surface area contributed by atoms with Gasteiger partial charge in [-0.3, -0.25) is 9.88 Å². The molecule has 0 bridgehead atoms. The lowest BCUT2D eigenvalue weighted by Gasteiger charge is -2.42. The minimum Gasteiger partial charge on any atom is -0.368 e. The molecule has 0 aromatic carbocycles. The fourth-order valence-electron chi connectivity index (χ4n) is 2.56. The van der Waals surface area contributed by atoms with Crippen LogP contribution >= 0.6 is 0 Å². The fourth-order valence-corrected chi connectivity index (χ4v) is 2.56. The summed E-state index contributed by atoms with van der Waals surface area (Å²) in [4.78, 5) is 6.84. The number of ether oxygens (including phenoxy) is 1. The van der Waals surface area contributed by atoms with Gasteiger partial charge in [-0.15, -0.1) is 0 Å². The first kappa shape index (κ1) is 13.5. The van der Waals surface area contributed by atoms with Crippen LogP contribution in [0, 0.1) is 6.92 Å². The monoisotopic (exact) mass is 249 g/mol. The van der Waals surface area contributed by atoms with E-state index < -0.39 is 0 Å². The number of rotatable bonds is 3. The molecule has 0 spiro atoms. The third-order valence-corrected chi connectivity index (χ3v) is 3.31. The van der Waals surface area contributed by atoms with Gasteiger partial charge in [0.05, 0.1) is 17.4 Å². The quantitative estimate of drug-likeness (QED) is 0.878. The summed E-state index contributed by atoms with van der Waals surface area (Å²) in [5, 5.41) is 0. The highest BCUT2D eigenvalue weighted by Crippen LogP contribution is 2.22. The summed E-state index contributed by atoms with van der Waals surface area (Å²) in [5.74, 6) is 0. The Morgan fingerprint density at radius 2 is 2.33 bits per heavy atom. The molecule has 4 heteroatoms. The molecule has 2 heterocycles. The molecule has 0 radical (unpaired) electrons. The summed E-state index contributed by atoms with van der Waals surface area (Å²) in [6, 6.07) is 4.08. The molecule has 1 aliphatic rings. The third-order valence-electron chi connectivity index (χ3n) is 3.31. The normalized spacial score (nSPS) is 24.1. The lowest BCUT2D eigenvalue weighted by Crippen LogP contribution is -2.54. The Labute approximate surface area is 109 Å². The topological polar surface area (TPSA) is 51.4 Å². The molecule has 1 aromatic heterocycles. The Morgan fingerprint density at radius 1 is 1.56 bits per heavy atom. The molecule has 1 aromatic rings. The van der Waals surface area contributed by atoms with Crippen molar-refractivity contribution in [3.63, 3.8) is 0 Å². The molecule has 1 unspecified atom stereocenters. The van der Waals surface area contributed by atoms with Gasteiger partial charge in [0.1, 0.15) is 0 Å². The van der Waals surface area contributed by atoms with Crippen molar-refractivity contribution in [1.29, 1.82) is 0 Å². The van der Waals surface area contributed by atoms with E-state index in [0.717, 1.165) is 25.3 Å². The van der Waals surface area contributed by atoms with Crippen molar-refractivity contribution in [2.24, 2.45) is 5.73 Å². The van der Waals surface area contributed by atoms with Crippen LogP contribution in [0.4, 0.5) is 0 Å². The molecule has 2 rings (SSSR count). The molecule has 1 fully saturated rings. The maximum atomic E-state index is 5.93. The van der Waals surface area contributed by atoms with Gasteiger partial charge >= 0.3 is 0 Å². The zero-order chi connectivity index (χ0) is 13.2. The Balaban J connectivity index is 2.07. The largest absolute Gasteiger partial charge is 0.368 e. The SMILES string of the molecule is Cc1cccnc1CN1CC(CN)OC(C)(C)C1. The molecule has 0 amide bonds. The van der Waals surface area contributed by atoms with Gasteiger partial charge in [0.25, 0.3) is 0 Å². The minimum absolute atomic E-state index is 0.123. The molecule has 18 heavy (non-hydrogen) atoms. The second-order valence-electron chi connectivity index (χ2n) is 5.67. The van der Waals surface area contributed by atoms with E-state index in [4.69, 9.17) is 10.5 Å². The van der Waals surface area contributed by atoms with Crippen molar-refractivity contribution in [3.8, 4) is 0 Å². The summed E-state index contributed by atoms with van der Waals surface area (Å²) >= 11 is 0. The highest BCUT2D eigenvalue weighted by atomic mass is 16.5. The van der Waals surface area contributed by atoms with Crippen LogP contribution < -0.4 is 5.73 Å². The molecule has 4 nitrogen and oxygen atoms in total. The van der Waals surface area contributed by atoms with Gasteiger partial charge in [0.15, 0.2) is 0 Å². The summed E-state index contributed by atoms with van der Waals surface area (Å²) in [7, 11) is 0. The number of hydrogen-bond acceptors (Lipinski definition) is 4. The highest BCUT2D eigenvalue weighted by Gasteiger charge is 2.32. The molecule has 1 atom stereocenters. The van der Waals surface area contributed by atoms with Crippen LogP contribution in [0.5, 0.6) is 0 Å². The Bertz CT molecular complexity index is 406. The third kappa shape index (κ3) is 3.28. The summed E-state index contributed by atoms with van der Waals surface area (Å²) in [5.41, 5.74) is 7.99. The first-order valence-electron chi connectivity index (χ1n) is 6.51. The van der Waals surface area contributed by atoms with Crippen LogP contribution in [-0.4, -0.2) is 41.2 Å².